The number of allylic oxidation sites excluding steroid dienone is 3. The van der Waals surface area contributed by atoms with Crippen LogP contribution < -0.4 is 4.72 Å². The van der Waals surface area contributed by atoms with Crippen molar-refractivity contribution in [1.82, 2.24) is 4.72 Å². The average Bonchev–Trinajstić information content (AvgIpc) is 1.88. The highest BCUT2D eigenvalue weighted by atomic mass is 32.2. The number of hydrogen-bond donors (Lipinski definition) is 1. The summed E-state index contributed by atoms with van der Waals surface area (Å²) in [4.78, 5) is 1.08. The molecule has 0 aliphatic carbocycles. The Morgan fingerprint density at radius 1 is 1.56 bits per heavy atom. The van der Waals surface area contributed by atoms with Crippen molar-refractivity contribution in [3.63, 3.8) is 0 Å². The Morgan fingerprint density at radius 2 is 2.22 bits per heavy atom. The first-order valence-electron chi connectivity index (χ1n) is 2.64. The van der Waals surface area contributed by atoms with Crippen molar-refractivity contribution in [1.29, 1.82) is 0 Å². The van der Waals surface area contributed by atoms with Crippen LogP contribution in [0, 0.1) is 0 Å². The van der Waals surface area contributed by atoms with E-state index in [2.05, 4.69) is 17.9 Å². The summed E-state index contributed by atoms with van der Waals surface area (Å²) in [5, 5.41) is 0. The second kappa shape index (κ2) is 5.66. The van der Waals surface area contributed by atoms with Crippen molar-refractivity contribution in [2.45, 2.75) is 0 Å². The molecule has 1 N–H and O–H groups in total. The van der Waals surface area contributed by atoms with Crippen LogP contribution in [0.5, 0.6) is 0 Å². The van der Waals surface area contributed by atoms with Crippen LogP contribution in [0.1, 0.15) is 0 Å². The van der Waals surface area contributed by atoms with Crippen molar-refractivity contribution in [2.24, 2.45) is 0 Å². The molecule has 0 rings (SSSR count). The van der Waals surface area contributed by atoms with Gasteiger partial charge in [0.05, 0.1) is 0 Å². The summed E-state index contributed by atoms with van der Waals surface area (Å²) in [5.41, 5.74) is 0. The van der Waals surface area contributed by atoms with Gasteiger partial charge in [0.2, 0.25) is 0 Å². The standard InChI is InChI=1S/C7H11NS/c1-4-6-7(5-2)9-8-3/h4-6,8H,1-2H2,3H3/b7-6+. The van der Waals surface area contributed by atoms with E-state index in [0.717, 1.165) is 4.91 Å². The molecule has 0 radical (unpaired) electrons. The Bertz CT molecular complexity index is 127. The molecule has 0 unspecified atom stereocenters. The van der Waals surface area contributed by atoms with Gasteiger partial charge in [0.15, 0.2) is 0 Å². The molecule has 1 nitrogen and oxygen atoms in total. The molecule has 0 fully saturated rings. The first kappa shape index (κ1) is 8.53. The van der Waals surface area contributed by atoms with Crippen molar-refractivity contribution >= 4 is 11.9 Å². The van der Waals surface area contributed by atoms with Crippen molar-refractivity contribution < 1.29 is 0 Å². The summed E-state index contributed by atoms with van der Waals surface area (Å²) in [6, 6.07) is 0. The molecule has 0 aromatic rings. The highest BCUT2D eigenvalue weighted by Crippen LogP contribution is 2.10. The summed E-state index contributed by atoms with van der Waals surface area (Å²) in [6.45, 7) is 7.19. The lowest BCUT2D eigenvalue weighted by atomic mass is 10.5. The largest absolute Gasteiger partial charge is 0.263 e. The quantitative estimate of drug-likeness (QED) is 0.475. The first-order chi connectivity index (χ1) is 4.35. The number of hydrogen-bond acceptors (Lipinski definition) is 2. The molecule has 0 atom stereocenters. The fourth-order valence-electron chi connectivity index (χ4n) is 0.378. The fourth-order valence-corrected chi connectivity index (χ4v) is 0.861. The third-order valence-electron chi connectivity index (χ3n) is 0.703. The predicted octanol–water partition coefficient (Wildman–Crippen LogP) is 2.11. The van der Waals surface area contributed by atoms with Crippen molar-refractivity contribution in [3.8, 4) is 0 Å². The molecule has 0 aromatic heterocycles. The molecule has 0 aliphatic rings. The minimum Gasteiger partial charge on any atom is -0.263 e. The zero-order valence-electron chi connectivity index (χ0n) is 5.55. The molecule has 0 bridgehead atoms. The van der Waals surface area contributed by atoms with Gasteiger partial charge < -0.3 is 0 Å². The van der Waals surface area contributed by atoms with Gasteiger partial charge in [-0.15, -0.1) is 0 Å². The van der Waals surface area contributed by atoms with E-state index < -0.39 is 0 Å². The van der Waals surface area contributed by atoms with Crippen LogP contribution >= 0.6 is 11.9 Å². The van der Waals surface area contributed by atoms with Gasteiger partial charge in [0.25, 0.3) is 0 Å². The number of nitrogens with one attached hydrogen (secondary N) is 1. The van der Waals surface area contributed by atoms with Crippen molar-refractivity contribution in [2.75, 3.05) is 7.05 Å². The molecule has 0 heterocycles. The normalized spacial score (nSPS) is 11.0. The minimum absolute atomic E-state index is 1.08. The van der Waals surface area contributed by atoms with Crippen LogP contribution in [-0.4, -0.2) is 7.05 Å². The third kappa shape index (κ3) is 4.06. The maximum atomic E-state index is 3.62. The predicted molar refractivity (Wildman–Crippen MR) is 45.1 cm³/mol. The Labute approximate surface area is 60.7 Å². The Hall–Kier alpha value is -0.470. The Morgan fingerprint density at radius 3 is 2.56 bits per heavy atom. The van der Waals surface area contributed by atoms with Crippen LogP contribution in [0.4, 0.5) is 0 Å². The smallest absolute Gasteiger partial charge is 0.0221 e. The number of rotatable bonds is 4. The van der Waals surface area contributed by atoms with Gasteiger partial charge in [0.1, 0.15) is 0 Å². The molecule has 0 aromatic carbocycles. The average molecular weight is 141 g/mol. The maximum absolute atomic E-state index is 3.62. The second-order valence-electron chi connectivity index (χ2n) is 1.32. The lowest BCUT2D eigenvalue weighted by molar-refractivity contribution is 1.30. The maximum Gasteiger partial charge on any atom is 0.0221 e. The van der Waals surface area contributed by atoms with Crippen LogP contribution in [0.25, 0.3) is 0 Å². The monoisotopic (exact) mass is 141 g/mol. The molecule has 2 heteroatoms. The molecule has 50 valence electrons. The van der Waals surface area contributed by atoms with E-state index in [1.165, 1.54) is 11.9 Å². The summed E-state index contributed by atoms with van der Waals surface area (Å²) in [5.74, 6) is 0. The van der Waals surface area contributed by atoms with Gasteiger partial charge in [-0.2, -0.15) is 0 Å². The molecule has 0 aliphatic heterocycles. The van der Waals surface area contributed by atoms with Gasteiger partial charge in [-0.1, -0.05) is 25.3 Å². The molecule has 0 amide bonds. The van der Waals surface area contributed by atoms with Crippen LogP contribution in [0.2, 0.25) is 0 Å². The molecule has 0 saturated heterocycles. The summed E-state index contributed by atoms with van der Waals surface area (Å²) in [6.07, 6.45) is 5.42. The SMILES string of the molecule is C=C/C=C(\C=C)SNC. The van der Waals surface area contributed by atoms with Crippen LogP contribution in [0.15, 0.2) is 36.3 Å². The molecular weight excluding hydrogens is 130 g/mol. The van der Waals surface area contributed by atoms with Gasteiger partial charge in [-0.05, 0) is 25.1 Å². The zero-order valence-corrected chi connectivity index (χ0v) is 6.37. The topological polar surface area (TPSA) is 12.0 Å². The summed E-state index contributed by atoms with van der Waals surface area (Å²) in [7, 11) is 1.87. The first-order valence-corrected chi connectivity index (χ1v) is 3.45. The Kier molecular flexibility index (Phi) is 5.37. The van der Waals surface area contributed by atoms with Gasteiger partial charge in [0, 0.05) is 4.91 Å². The van der Waals surface area contributed by atoms with E-state index >= 15 is 0 Å². The summed E-state index contributed by atoms with van der Waals surface area (Å²) >= 11 is 1.52. The molecule has 0 spiro atoms. The zero-order chi connectivity index (χ0) is 7.11. The van der Waals surface area contributed by atoms with E-state index in [0.29, 0.717) is 0 Å². The van der Waals surface area contributed by atoms with Crippen LogP contribution in [-0.2, 0) is 0 Å². The van der Waals surface area contributed by atoms with Crippen LogP contribution in [0.3, 0.4) is 0 Å². The van der Waals surface area contributed by atoms with Gasteiger partial charge >= 0.3 is 0 Å². The van der Waals surface area contributed by atoms with Gasteiger partial charge in [-0.25, -0.2) is 0 Å². The molecular formula is C7H11NS. The molecule has 9 heavy (non-hydrogen) atoms. The van der Waals surface area contributed by atoms with E-state index in [-0.39, 0.29) is 0 Å². The fraction of sp³-hybridized carbons (Fsp3) is 0.143. The molecule has 0 saturated carbocycles. The van der Waals surface area contributed by atoms with E-state index in [1.807, 2.05) is 13.1 Å². The van der Waals surface area contributed by atoms with Gasteiger partial charge in [-0.3, -0.25) is 4.72 Å². The minimum atomic E-state index is 1.08. The van der Waals surface area contributed by atoms with E-state index in [1.54, 1.807) is 12.2 Å². The summed E-state index contributed by atoms with van der Waals surface area (Å²) < 4.78 is 2.93. The lowest BCUT2D eigenvalue weighted by Crippen LogP contribution is -1.89. The second-order valence-corrected chi connectivity index (χ2v) is 2.40. The van der Waals surface area contributed by atoms with Crippen molar-refractivity contribution in [3.05, 3.63) is 36.3 Å². The van der Waals surface area contributed by atoms with E-state index in [4.69, 9.17) is 0 Å². The Balaban J connectivity index is 3.80. The third-order valence-corrected chi connectivity index (χ3v) is 1.45. The van der Waals surface area contributed by atoms with E-state index in [9.17, 15) is 0 Å². The highest BCUT2D eigenvalue weighted by molar-refractivity contribution is 8.01. The highest BCUT2D eigenvalue weighted by Gasteiger charge is 1.84. The lowest BCUT2D eigenvalue weighted by Gasteiger charge is -1.94.